The van der Waals surface area contributed by atoms with Crippen LogP contribution in [0.1, 0.15) is 43.1 Å². The molecule has 0 heterocycles. The lowest BCUT2D eigenvalue weighted by molar-refractivity contribution is -0.122. The van der Waals surface area contributed by atoms with Gasteiger partial charge in [-0.15, -0.1) is 0 Å². The molecule has 0 saturated carbocycles. The molecular formula is C20H23NO3. The van der Waals surface area contributed by atoms with Crippen LogP contribution in [0.5, 0.6) is 5.75 Å². The first-order chi connectivity index (χ1) is 11.5. The Hall–Kier alpha value is -2.62. The maximum Gasteiger partial charge on any atom is 0.265 e. The summed E-state index contributed by atoms with van der Waals surface area (Å²) < 4.78 is 5.64. The number of rotatable bonds is 7. The van der Waals surface area contributed by atoms with Crippen LogP contribution in [0.15, 0.2) is 48.5 Å². The van der Waals surface area contributed by atoms with Crippen molar-refractivity contribution < 1.29 is 14.3 Å². The van der Waals surface area contributed by atoms with E-state index in [2.05, 4.69) is 12.2 Å². The first-order valence-corrected chi connectivity index (χ1v) is 8.23. The van der Waals surface area contributed by atoms with Gasteiger partial charge >= 0.3 is 0 Å². The van der Waals surface area contributed by atoms with Crippen LogP contribution < -0.4 is 10.1 Å². The molecule has 4 nitrogen and oxygen atoms in total. The summed E-state index contributed by atoms with van der Waals surface area (Å²) in [4.78, 5) is 23.8. The highest BCUT2D eigenvalue weighted by Gasteiger charge is 2.15. The van der Waals surface area contributed by atoms with Crippen LogP contribution in [0.4, 0.5) is 5.69 Å². The van der Waals surface area contributed by atoms with Crippen LogP contribution in [0.2, 0.25) is 0 Å². The molecule has 0 radical (unpaired) electrons. The number of aryl methyl sites for hydroxylation is 1. The van der Waals surface area contributed by atoms with Gasteiger partial charge in [0.1, 0.15) is 5.75 Å². The summed E-state index contributed by atoms with van der Waals surface area (Å²) in [6, 6.07) is 14.6. The predicted octanol–water partition coefficient (Wildman–Crippen LogP) is 4.25. The fourth-order valence-electron chi connectivity index (χ4n) is 2.25. The second-order valence-corrected chi connectivity index (χ2v) is 5.60. The Morgan fingerprint density at radius 1 is 1.00 bits per heavy atom. The van der Waals surface area contributed by atoms with Gasteiger partial charge in [0, 0.05) is 17.7 Å². The number of Topliss-reactive ketones (excluding diaryl/α,β-unsaturated/α-hetero) is 1. The molecule has 0 unspecified atom stereocenters. The normalized spacial score (nSPS) is 11.6. The van der Waals surface area contributed by atoms with Crippen molar-refractivity contribution in [3.8, 4) is 5.75 Å². The largest absolute Gasteiger partial charge is 0.481 e. The minimum absolute atomic E-state index is 0.0860. The van der Waals surface area contributed by atoms with E-state index in [1.807, 2.05) is 31.2 Å². The van der Waals surface area contributed by atoms with E-state index in [9.17, 15) is 9.59 Å². The molecule has 0 bridgehead atoms. The minimum Gasteiger partial charge on any atom is -0.481 e. The first-order valence-electron chi connectivity index (χ1n) is 8.23. The second kappa shape index (κ2) is 8.29. The maximum absolute atomic E-state index is 12.2. The van der Waals surface area contributed by atoms with E-state index in [4.69, 9.17) is 4.74 Å². The topological polar surface area (TPSA) is 55.4 Å². The molecule has 4 heteroatoms. The van der Waals surface area contributed by atoms with Gasteiger partial charge < -0.3 is 10.1 Å². The number of anilines is 1. The van der Waals surface area contributed by atoms with Crippen molar-refractivity contribution in [2.45, 2.75) is 39.7 Å². The molecule has 0 spiro atoms. The van der Waals surface area contributed by atoms with Crippen LogP contribution in [0.3, 0.4) is 0 Å². The number of amides is 1. The average molecular weight is 325 g/mol. The molecule has 2 rings (SSSR count). The van der Waals surface area contributed by atoms with Crippen LogP contribution in [0.25, 0.3) is 0 Å². The van der Waals surface area contributed by atoms with Gasteiger partial charge in [-0.3, -0.25) is 9.59 Å². The van der Waals surface area contributed by atoms with Gasteiger partial charge in [-0.1, -0.05) is 26.0 Å². The number of hydrogen-bond acceptors (Lipinski definition) is 3. The molecule has 1 N–H and O–H groups in total. The SMILES string of the molecule is CCC(=O)c1ccc(O[C@H](C)C(=O)Nc2ccc(CC)cc2)cc1. The summed E-state index contributed by atoms with van der Waals surface area (Å²) >= 11 is 0. The zero-order chi connectivity index (χ0) is 17.5. The van der Waals surface area contributed by atoms with Crippen molar-refractivity contribution in [2.75, 3.05) is 5.32 Å². The molecule has 126 valence electrons. The molecule has 24 heavy (non-hydrogen) atoms. The third-order valence-corrected chi connectivity index (χ3v) is 3.81. The van der Waals surface area contributed by atoms with Crippen LogP contribution in [0, 0.1) is 0 Å². The van der Waals surface area contributed by atoms with Gasteiger partial charge in [0.15, 0.2) is 11.9 Å². The number of benzene rings is 2. The summed E-state index contributed by atoms with van der Waals surface area (Å²) in [5.41, 5.74) is 2.62. The quantitative estimate of drug-likeness (QED) is 0.774. The van der Waals surface area contributed by atoms with Crippen LogP contribution >= 0.6 is 0 Å². The number of ether oxygens (including phenoxy) is 1. The second-order valence-electron chi connectivity index (χ2n) is 5.60. The molecule has 0 aliphatic rings. The van der Waals surface area contributed by atoms with Gasteiger partial charge in [-0.2, -0.15) is 0 Å². The number of nitrogens with one attached hydrogen (secondary N) is 1. The highest BCUT2D eigenvalue weighted by atomic mass is 16.5. The summed E-state index contributed by atoms with van der Waals surface area (Å²) in [6.45, 7) is 5.61. The zero-order valence-electron chi connectivity index (χ0n) is 14.3. The highest BCUT2D eigenvalue weighted by Crippen LogP contribution is 2.16. The minimum atomic E-state index is -0.636. The maximum atomic E-state index is 12.2. The Morgan fingerprint density at radius 2 is 1.62 bits per heavy atom. The van der Waals surface area contributed by atoms with Crippen LogP contribution in [-0.4, -0.2) is 17.8 Å². The average Bonchev–Trinajstić information content (AvgIpc) is 2.62. The van der Waals surface area contributed by atoms with Gasteiger partial charge in [0.2, 0.25) is 0 Å². The van der Waals surface area contributed by atoms with Gasteiger partial charge in [-0.05, 0) is 55.3 Å². The third kappa shape index (κ3) is 4.69. The molecule has 0 saturated heterocycles. The van der Waals surface area contributed by atoms with Crippen molar-refractivity contribution in [1.82, 2.24) is 0 Å². The lowest BCUT2D eigenvalue weighted by Crippen LogP contribution is -2.30. The molecule has 0 fully saturated rings. The van der Waals surface area contributed by atoms with E-state index in [0.717, 1.165) is 12.1 Å². The Bertz CT molecular complexity index is 690. The predicted molar refractivity (Wildman–Crippen MR) is 95.6 cm³/mol. The number of carbonyl (C=O) groups excluding carboxylic acids is 2. The van der Waals surface area contributed by atoms with E-state index < -0.39 is 6.10 Å². The molecule has 1 amide bonds. The number of hydrogen-bond donors (Lipinski definition) is 1. The van der Waals surface area contributed by atoms with E-state index in [0.29, 0.717) is 17.7 Å². The monoisotopic (exact) mass is 325 g/mol. The van der Waals surface area contributed by atoms with Gasteiger partial charge in [-0.25, -0.2) is 0 Å². The molecular weight excluding hydrogens is 302 g/mol. The van der Waals surface area contributed by atoms with Gasteiger partial charge in [0.05, 0.1) is 0 Å². The van der Waals surface area contributed by atoms with Crippen molar-refractivity contribution in [3.63, 3.8) is 0 Å². The number of ketones is 1. The van der Waals surface area contributed by atoms with Gasteiger partial charge in [0.25, 0.3) is 5.91 Å². The van der Waals surface area contributed by atoms with Crippen LogP contribution in [-0.2, 0) is 11.2 Å². The van der Waals surface area contributed by atoms with E-state index >= 15 is 0 Å². The first kappa shape index (κ1) is 17.7. The van der Waals surface area contributed by atoms with Crippen molar-refractivity contribution in [3.05, 3.63) is 59.7 Å². The van der Waals surface area contributed by atoms with E-state index in [1.54, 1.807) is 31.2 Å². The highest BCUT2D eigenvalue weighted by molar-refractivity contribution is 5.96. The fraction of sp³-hybridized carbons (Fsp3) is 0.300. The lowest BCUT2D eigenvalue weighted by Gasteiger charge is -2.15. The Labute approximate surface area is 142 Å². The Balaban J connectivity index is 1.94. The van der Waals surface area contributed by atoms with Crippen molar-refractivity contribution in [2.24, 2.45) is 0 Å². The Kier molecular flexibility index (Phi) is 6.13. The molecule has 1 atom stereocenters. The number of carbonyl (C=O) groups is 2. The van der Waals surface area contributed by atoms with E-state index in [1.165, 1.54) is 5.56 Å². The zero-order valence-corrected chi connectivity index (χ0v) is 14.3. The molecule has 2 aromatic rings. The standard InChI is InChI=1S/C20H23NO3/c1-4-15-6-10-17(11-7-15)21-20(23)14(3)24-18-12-8-16(9-13-18)19(22)5-2/h6-14H,4-5H2,1-3H3,(H,21,23)/t14-/m1/s1. The summed E-state index contributed by atoms with van der Waals surface area (Å²) in [6.07, 6.45) is 0.795. The molecule has 2 aromatic carbocycles. The van der Waals surface area contributed by atoms with E-state index in [-0.39, 0.29) is 11.7 Å². The fourth-order valence-corrected chi connectivity index (χ4v) is 2.25. The molecule has 0 aromatic heterocycles. The Morgan fingerprint density at radius 3 is 2.17 bits per heavy atom. The molecule has 0 aliphatic heterocycles. The molecule has 0 aliphatic carbocycles. The summed E-state index contributed by atoms with van der Waals surface area (Å²) in [5, 5.41) is 2.83. The smallest absolute Gasteiger partial charge is 0.265 e. The van der Waals surface area contributed by atoms with Crippen molar-refractivity contribution >= 4 is 17.4 Å². The summed E-state index contributed by atoms with van der Waals surface area (Å²) in [5.74, 6) is 0.433. The lowest BCUT2D eigenvalue weighted by atomic mass is 10.1. The third-order valence-electron chi connectivity index (χ3n) is 3.81. The van der Waals surface area contributed by atoms with Crippen molar-refractivity contribution in [1.29, 1.82) is 0 Å². The summed E-state index contributed by atoms with van der Waals surface area (Å²) in [7, 11) is 0.